The van der Waals surface area contributed by atoms with E-state index in [-0.39, 0.29) is 12.4 Å². The van der Waals surface area contributed by atoms with Crippen LogP contribution in [0.5, 0.6) is 0 Å². The highest BCUT2D eigenvalue weighted by Gasteiger charge is 2.15. The number of benzene rings is 2. The average molecular weight is 394 g/mol. The number of methoxy groups -OCH3 is 1. The van der Waals surface area contributed by atoms with Crippen molar-refractivity contribution in [3.05, 3.63) is 54.1 Å². The van der Waals surface area contributed by atoms with Crippen molar-refractivity contribution in [3.8, 4) is 5.13 Å². The van der Waals surface area contributed by atoms with Crippen LogP contribution in [0.3, 0.4) is 0 Å². The second kappa shape index (κ2) is 7.65. The summed E-state index contributed by atoms with van der Waals surface area (Å²) in [7, 11) is 3.16. The van der Waals surface area contributed by atoms with Crippen LogP contribution in [0.15, 0.2) is 48.5 Å². The van der Waals surface area contributed by atoms with Gasteiger partial charge < -0.3 is 15.4 Å². The Labute approximate surface area is 165 Å². The predicted molar refractivity (Wildman–Crippen MR) is 110 cm³/mol. The first-order chi connectivity index (χ1) is 13.7. The van der Waals surface area contributed by atoms with E-state index >= 15 is 0 Å². The zero-order valence-corrected chi connectivity index (χ0v) is 16.2. The maximum Gasteiger partial charge on any atom is 0.309 e. The summed E-state index contributed by atoms with van der Waals surface area (Å²) < 4.78 is 7.47. The number of anilines is 3. The maximum atomic E-state index is 11.5. The van der Waals surface area contributed by atoms with E-state index in [1.165, 1.54) is 7.11 Å². The first-order valence-electron chi connectivity index (χ1n) is 8.60. The molecule has 9 heteroatoms. The Morgan fingerprint density at radius 2 is 2.04 bits per heavy atom. The van der Waals surface area contributed by atoms with Gasteiger partial charge in [-0.2, -0.15) is 9.67 Å². The molecule has 0 unspecified atom stereocenters. The molecule has 4 rings (SSSR count). The molecule has 2 aromatic carbocycles. The van der Waals surface area contributed by atoms with Crippen LogP contribution < -0.4 is 10.6 Å². The van der Waals surface area contributed by atoms with Gasteiger partial charge in [-0.25, -0.2) is 4.98 Å². The molecule has 4 aromatic rings. The van der Waals surface area contributed by atoms with Crippen LogP contribution >= 0.6 is 11.3 Å². The monoisotopic (exact) mass is 394 g/mol. The van der Waals surface area contributed by atoms with Crippen molar-refractivity contribution in [1.29, 1.82) is 0 Å². The summed E-state index contributed by atoms with van der Waals surface area (Å²) >= 11 is 1.54. The number of carbonyl (C=O) groups is 1. The molecular formula is C19H18N6O2S. The molecule has 0 saturated heterocycles. The first kappa shape index (κ1) is 17.9. The molecule has 0 saturated carbocycles. The van der Waals surface area contributed by atoms with Gasteiger partial charge in [-0.15, -0.1) is 5.10 Å². The number of ether oxygens (including phenoxy) is 1. The van der Waals surface area contributed by atoms with Crippen LogP contribution in [0, 0.1) is 0 Å². The molecule has 0 radical (unpaired) electrons. The number of nitrogens with one attached hydrogen (secondary N) is 2. The molecule has 0 atom stereocenters. The van der Waals surface area contributed by atoms with Crippen molar-refractivity contribution < 1.29 is 9.53 Å². The fourth-order valence-electron chi connectivity index (χ4n) is 2.74. The fourth-order valence-corrected chi connectivity index (χ4v) is 3.66. The summed E-state index contributed by atoms with van der Waals surface area (Å²) in [5.41, 5.74) is 2.55. The Hall–Kier alpha value is -3.46. The minimum atomic E-state index is -0.284. The summed E-state index contributed by atoms with van der Waals surface area (Å²) in [6.07, 6.45) is 0.210. The molecular weight excluding hydrogens is 376 g/mol. The van der Waals surface area contributed by atoms with Crippen molar-refractivity contribution in [2.45, 2.75) is 6.42 Å². The summed E-state index contributed by atoms with van der Waals surface area (Å²) in [5, 5.41) is 11.5. The molecule has 28 heavy (non-hydrogen) atoms. The number of hydrogen-bond acceptors (Lipinski definition) is 8. The van der Waals surface area contributed by atoms with E-state index in [2.05, 4.69) is 25.7 Å². The molecule has 2 aromatic heterocycles. The largest absolute Gasteiger partial charge is 0.469 e. The smallest absolute Gasteiger partial charge is 0.309 e. The van der Waals surface area contributed by atoms with Crippen molar-refractivity contribution >= 4 is 45.1 Å². The van der Waals surface area contributed by atoms with Gasteiger partial charge in [0.05, 0.1) is 23.7 Å². The summed E-state index contributed by atoms with van der Waals surface area (Å²) in [6, 6.07) is 15.4. The Bertz CT molecular complexity index is 1100. The Balaban J connectivity index is 1.61. The topological polar surface area (TPSA) is 94.0 Å². The zero-order chi connectivity index (χ0) is 19.5. The first-order valence-corrected chi connectivity index (χ1v) is 9.41. The lowest BCUT2D eigenvalue weighted by Gasteiger charge is -2.04. The zero-order valence-electron chi connectivity index (χ0n) is 15.3. The van der Waals surface area contributed by atoms with E-state index in [1.54, 1.807) is 23.1 Å². The number of carbonyl (C=O) groups excluding carboxylic acids is 1. The van der Waals surface area contributed by atoms with E-state index in [0.29, 0.717) is 11.9 Å². The third kappa shape index (κ3) is 3.65. The highest BCUT2D eigenvalue weighted by atomic mass is 32.1. The molecule has 0 aliphatic carbocycles. The molecule has 0 bridgehead atoms. The van der Waals surface area contributed by atoms with Gasteiger partial charge in [0.25, 0.3) is 0 Å². The number of aromatic nitrogens is 4. The summed E-state index contributed by atoms with van der Waals surface area (Å²) in [4.78, 5) is 20.6. The predicted octanol–water partition coefficient (Wildman–Crippen LogP) is 3.38. The van der Waals surface area contributed by atoms with Crippen molar-refractivity contribution in [1.82, 2.24) is 19.7 Å². The number of esters is 1. The lowest BCUT2D eigenvalue weighted by atomic mass is 10.1. The second-order valence-corrected chi connectivity index (χ2v) is 6.97. The van der Waals surface area contributed by atoms with Crippen LogP contribution in [-0.4, -0.2) is 39.9 Å². The van der Waals surface area contributed by atoms with Crippen LogP contribution in [0.25, 0.3) is 15.3 Å². The van der Waals surface area contributed by atoms with Gasteiger partial charge >= 0.3 is 5.97 Å². The van der Waals surface area contributed by atoms with Crippen molar-refractivity contribution in [3.63, 3.8) is 0 Å². The second-order valence-electron chi connectivity index (χ2n) is 5.96. The minimum absolute atomic E-state index is 0.210. The molecule has 0 spiro atoms. The highest BCUT2D eigenvalue weighted by molar-refractivity contribution is 7.20. The van der Waals surface area contributed by atoms with E-state index < -0.39 is 0 Å². The van der Waals surface area contributed by atoms with Crippen molar-refractivity contribution in [2.24, 2.45) is 0 Å². The Morgan fingerprint density at radius 3 is 2.82 bits per heavy atom. The van der Waals surface area contributed by atoms with Gasteiger partial charge in [0, 0.05) is 12.7 Å². The van der Waals surface area contributed by atoms with Crippen molar-refractivity contribution in [2.75, 3.05) is 24.8 Å². The number of para-hydroxylation sites is 1. The van der Waals surface area contributed by atoms with Gasteiger partial charge in [0.2, 0.25) is 17.0 Å². The standard InChI is InChI=1S/C19H18N6O2S/c1-20-18-23-17(21-13-7-5-6-12(10-13)11-16(26)27-2)24-25(18)19-22-14-8-3-4-9-15(14)28-19/h3-10H,11H2,1-2H3,(H2,20,21,23,24). The van der Waals surface area contributed by atoms with E-state index in [9.17, 15) is 4.79 Å². The Morgan fingerprint density at radius 1 is 1.18 bits per heavy atom. The molecule has 0 aliphatic rings. The molecule has 0 fully saturated rings. The van der Waals surface area contributed by atoms with E-state index in [1.807, 2.05) is 48.5 Å². The van der Waals surface area contributed by atoms with Gasteiger partial charge in [-0.1, -0.05) is 35.6 Å². The summed E-state index contributed by atoms with van der Waals surface area (Å²) in [5.74, 6) is 0.721. The normalized spacial score (nSPS) is 10.8. The lowest BCUT2D eigenvalue weighted by molar-refractivity contribution is -0.139. The van der Waals surface area contributed by atoms with Crippen LogP contribution in [-0.2, 0) is 16.0 Å². The highest BCUT2D eigenvalue weighted by Crippen LogP contribution is 2.27. The minimum Gasteiger partial charge on any atom is -0.469 e. The van der Waals surface area contributed by atoms with Crippen LogP contribution in [0.4, 0.5) is 17.6 Å². The molecule has 0 amide bonds. The summed E-state index contributed by atoms with van der Waals surface area (Å²) in [6.45, 7) is 0. The van der Waals surface area contributed by atoms with Gasteiger partial charge in [0.15, 0.2) is 0 Å². The Kier molecular flexibility index (Phi) is 4.90. The van der Waals surface area contributed by atoms with E-state index in [0.717, 1.165) is 26.6 Å². The number of fused-ring (bicyclic) bond motifs is 1. The lowest BCUT2D eigenvalue weighted by Crippen LogP contribution is -2.04. The fraction of sp³-hybridized carbons (Fsp3) is 0.158. The molecule has 0 aliphatic heterocycles. The quantitative estimate of drug-likeness (QED) is 0.484. The number of rotatable bonds is 6. The molecule has 2 N–H and O–H groups in total. The van der Waals surface area contributed by atoms with Gasteiger partial charge in [0.1, 0.15) is 0 Å². The third-order valence-corrected chi connectivity index (χ3v) is 5.07. The molecule has 2 heterocycles. The average Bonchev–Trinajstić information content (AvgIpc) is 3.31. The third-order valence-electron chi connectivity index (χ3n) is 4.05. The molecule has 8 nitrogen and oxygen atoms in total. The molecule has 142 valence electrons. The maximum absolute atomic E-state index is 11.5. The van der Waals surface area contributed by atoms with Gasteiger partial charge in [-0.05, 0) is 29.8 Å². The number of nitrogens with zero attached hydrogens (tertiary/aromatic N) is 4. The van der Waals surface area contributed by atoms with Crippen LogP contribution in [0.1, 0.15) is 5.56 Å². The number of hydrogen-bond donors (Lipinski definition) is 2. The van der Waals surface area contributed by atoms with E-state index in [4.69, 9.17) is 4.74 Å². The SMILES string of the molecule is CNc1nc(Nc2cccc(CC(=O)OC)c2)nn1-c1nc2ccccc2s1. The number of thiazole rings is 1. The van der Waals surface area contributed by atoms with Crippen LogP contribution in [0.2, 0.25) is 0 Å². The van der Waals surface area contributed by atoms with Gasteiger partial charge in [-0.3, -0.25) is 4.79 Å².